The number of hydrogen-bond acceptors (Lipinski definition) is 5. The lowest BCUT2D eigenvalue weighted by molar-refractivity contribution is -0.384. The molecule has 1 aromatic rings. The maximum Gasteiger partial charge on any atom is 0.269 e. The molecule has 1 aromatic carbocycles. The first-order valence-corrected chi connectivity index (χ1v) is 7.61. The second-order valence-electron chi connectivity index (χ2n) is 5.58. The molecule has 120 valence electrons. The van der Waals surface area contributed by atoms with E-state index in [0.717, 1.165) is 44.7 Å². The summed E-state index contributed by atoms with van der Waals surface area (Å²) in [4.78, 5) is 14.8. The van der Waals surface area contributed by atoms with Gasteiger partial charge in [-0.2, -0.15) is 0 Å². The molecule has 2 rings (SSSR count). The number of aliphatic hydroxyl groups excluding tert-OH is 1. The van der Waals surface area contributed by atoms with Gasteiger partial charge in [0.05, 0.1) is 11.0 Å². The van der Waals surface area contributed by atoms with Crippen molar-refractivity contribution in [3.05, 3.63) is 47.0 Å². The lowest BCUT2D eigenvalue weighted by Crippen LogP contribution is -2.48. The number of piperazine rings is 1. The van der Waals surface area contributed by atoms with Crippen molar-refractivity contribution in [1.82, 2.24) is 4.90 Å². The monoisotopic (exact) mass is 305 g/mol. The number of anilines is 1. The third kappa shape index (κ3) is 4.54. The average molecular weight is 305 g/mol. The van der Waals surface area contributed by atoms with Gasteiger partial charge < -0.3 is 10.0 Å². The van der Waals surface area contributed by atoms with E-state index in [2.05, 4.69) is 16.4 Å². The van der Waals surface area contributed by atoms with E-state index >= 15 is 0 Å². The number of hydrogen-bond donors (Lipinski definition) is 1. The lowest BCUT2D eigenvalue weighted by atomic mass is 10.1. The average Bonchev–Trinajstić information content (AvgIpc) is 2.54. The van der Waals surface area contributed by atoms with E-state index < -0.39 is 0 Å². The molecule has 0 saturated carbocycles. The van der Waals surface area contributed by atoms with Crippen LogP contribution in [0.5, 0.6) is 0 Å². The molecular formula is C16H23N3O3. The highest BCUT2D eigenvalue weighted by molar-refractivity contribution is 5.51. The summed E-state index contributed by atoms with van der Waals surface area (Å²) >= 11 is 0. The zero-order valence-corrected chi connectivity index (χ0v) is 12.7. The first kappa shape index (κ1) is 16.5. The van der Waals surface area contributed by atoms with Crippen molar-refractivity contribution in [2.75, 3.05) is 37.6 Å². The van der Waals surface area contributed by atoms with Crippen molar-refractivity contribution < 1.29 is 10.0 Å². The van der Waals surface area contributed by atoms with E-state index in [1.807, 2.05) is 6.08 Å². The Bertz CT molecular complexity index is 496. The van der Waals surface area contributed by atoms with E-state index in [4.69, 9.17) is 0 Å². The molecule has 1 saturated heterocycles. The van der Waals surface area contributed by atoms with Crippen molar-refractivity contribution in [1.29, 1.82) is 0 Å². The van der Waals surface area contributed by atoms with Gasteiger partial charge in [-0.05, 0) is 25.0 Å². The fourth-order valence-corrected chi connectivity index (χ4v) is 2.67. The molecule has 0 bridgehead atoms. The summed E-state index contributed by atoms with van der Waals surface area (Å²) in [5.41, 5.74) is 1.13. The lowest BCUT2D eigenvalue weighted by Gasteiger charge is -2.36. The molecule has 0 radical (unpaired) electrons. The van der Waals surface area contributed by atoms with Crippen LogP contribution in [-0.4, -0.2) is 53.8 Å². The van der Waals surface area contributed by atoms with Crippen LogP contribution in [0.2, 0.25) is 0 Å². The van der Waals surface area contributed by atoms with Crippen LogP contribution < -0.4 is 4.90 Å². The molecule has 0 aromatic heterocycles. The zero-order valence-electron chi connectivity index (χ0n) is 12.7. The van der Waals surface area contributed by atoms with Crippen molar-refractivity contribution in [2.45, 2.75) is 18.9 Å². The Kier molecular flexibility index (Phi) is 5.91. The van der Waals surface area contributed by atoms with Gasteiger partial charge in [0, 0.05) is 50.5 Å². The second kappa shape index (κ2) is 7.91. The number of β-amino-alcohol motifs (C(OH)–C–C–N with tert-alkyl or cyclic N) is 1. The molecule has 1 unspecified atom stereocenters. The summed E-state index contributed by atoms with van der Waals surface area (Å²) < 4.78 is 0. The first-order valence-electron chi connectivity index (χ1n) is 7.61. The Labute approximate surface area is 130 Å². The summed E-state index contributed by atoms with van der Waals surface area (Å²) in [5, 5.41) is 20.6. The third-order valence-corrected chi connectivity index (χ3v) is 3.97. The Balaban J connectivity index is 1.81. The maximum absolute atomic E-state index is 10.7. The van der Waals surface area contributed by atoms with E-state index in [9.17, 15) is 15.2 Å². The second-order valence-corrected chi connectivity index (χ2v) is 5.58. The highest BCUT2D eigenvalue weighted by Crippen LogP contribution is 2.20. The minimum Gasteiger partial charge on any atom is -0.392 e. The molecule has 0 aliphatic carbocycles. The number of rotatable bonds is 7. The van der Waals surface area contributed by atoms with Crippen LogP contribution in [0.1, 0.15) is 12.8 Å². The Morgan fingerprint density at radius 1 is 1.27 bits per heavy atom. The SMILES string of the molecule is C=CCCC(O)CN1CCN(c2ccc([N+](=O)[O-])cc2)CC1. The molecule has 6 nitrogen and oxygen atoms in total. The van der Waals surface area contributed by atoms with E-state index in [-0.39, 0.29) is 16.7 Å². The van der Waals surface area contributed by atoms with Gasteiger partial charge in [0.15, 0.2) is 0 Å². The Hall–Kier alpha value is -1.92. The number of non-ortho nitro benzene ring substituents is 1. The fourth-order valence-electron chi connectivity index (χ4n) is 2.67. The quantitative estimate of drug-likeness (QED) is 0.474. The van der Waals surface area contributed by atoms with Crippen LogP contribution in [0.25, 0.3) is 0 Å². The summed E-state index contributed by atoms with van der Waals surface area (Å²) in [6.07, 6.45) is 3.12. The summed E-state index contributed by atoms with van der Waals surface area (Å²) in [5.74, 6) is 0. The van der Waals surface area contributed by atoms with Gasteiger partial charge in [-0.3, -0.25) is 15.0 Å². The van der Waals surface area contributed by atoms with Gasteiger partial charge in [0.25, 0.3) is 5.69 Å². The largest absolute Gasteiger partial charge is 0.392 e. The number of benzene rings is 1. The summed E-state index contributed by atoms with van der Waals surface area (Å²) in [6, 6.07) is 6.68. The predicted molar refractivity (Wildman–Crippen MR) is 87.2 cm³/mol. The maximum atomic E-state index is 10.7. The van der Waals surface area contributed by atoms with Crippen LogP contribution in [-0.2, 0) is 0 Å². The van der Waals surface area contributed by atoms with E-state index in [1.165, 1.54) is 0 Å². The Morgan fingerprint density at radius 2 is 1.91 bits per heavy atom. The minimum absolute atomic E-state index is 0.118. The smallest absolute Gasteiger partial charge is 0.269 e. The molecule has 1 aliphatic rings. The predicted octanol–water partition coefficient (Wildman–Crippen LogP) is 2.04. The highest BCUT2D eigenvalue weighted by Gasteiger charge is 2.19. The molecule has 22 heavy (non-hydrogen) atoms. The number of nitrogens with zero attached hydrogens (tertiary/aromatic N) is 3. The van der Waals surface area contributed by atoms with Gasteiger partial charge in [0.2, 0.25) is 0 Å². The molecule has 1 fully saturated rings. The van der Waals surface area contributed by atoms with Crippen LogP contribution in [0.3, 0.4) is 0 Å². The minimum atomic E-state index is -0.383. The van der Waals surface area contributed by atoms with Crippen LogP contribution >= 0.6 is 0 Å². The summed E-state index contributed by atoms with van der Waals surface area (Å²) in [7, 11) is 0. The number of allylic oxidation sites excluding steroid dienone is 1. The van der Waals surface area contributed by atoms with Gasteiger partial charge >= 0.3 is 0 Å². The van der Waals surface area contributed by atoms with Crippen molar-refractivity contribution in [3.8, 4) is 0 Å². The number of nitro groups is 1. The van der Waals surface area contributed by atoms with Crippen molar-refractivity contribution in [2.24, 2.45) is 0 Å². The molecule has 1 N–H and O–H groups in total. The first-order chi connectivity index (χ1) is 10.6. The molecule has 0 spiro atoms. The molecule has 1 aliphatic heterocycles. The van der Waals surface area contributed by atoms with Gasteiger partial charge in [-0.15, -0.1) is 6.58 Å². The number of aliphatic hydroxyl groups is 1. The highest BCUT2D eigenvalue weighted by atomic mass is 16.6. The Morgan fingerprint density at radius 3 is 2.45 bits per heavy atom. The van der Waals surface area contributed by atoms with Gasteiger partial charge in [0.1, 0.15) is 0 Å². The molecular weight excluding hydrogens is 282 g/mol. The van der Waals surface area contributed by atoms with Crippen LogP contribution in [0.15, 0.2) is 36.9 Å². The topological polar surface area (TPSA) is 69.8 Å². The van der Waals surface area contributed by atoms with E-state index in [0.29, 0.717) is 6.54 Å². The van der Waals surface area contributed by atoms with Gasteiger partial charge in [-0.25, -0.2) is 0 Å². The molecule has 1 atom stereocenters. The van der Waals surface area contributed by atoms with Crippen molar-refractivity contribution >= 4 is 11.4 Å². The van der Waals surface area contributed by atoms with E-state index in [1.54, 1.807) is 24.3 Å². The molecule has 6 heteroatoms. The van der Waals surface area contributed by atoms with Crippen LogP contribution in [0.4, 0.5) is 11.4 Å². The third-order valence-electron chi connectivity index (χ3n) is 3.97. The standard InChI is InChI=1S/C16H23N3O3/c1-2-3-4-16(20)13-17-9-11-18(12-10-17)14-5-7-15(8-6-14)19(21)22/h2,5-8,16,20H,1,3-4,9-13H2. The molecule has 1 heterocycles. The van der Waals surface area contributed by atoms with Gasteiger partial charge in [-0.1, -0.05) is 6.08 Å². The normalized spacial score (nSPS) is 17.2. The summed E-state index contributed by atoms with van der Waals surface area (Å²) in [6.45, 7) is 7.88. The fraction of sp³-hybridized carbons (Fsp3) is 0.500. The van der Waals surface area contributed by atoms with Crippen molar-refractivity contribution in [3.63, 3.8) is 0 Å². The number of nitro benzene ring substituents is 1. The zero-order chi connectivity index (χ0) is 15.9. The molecule has 0 amide bonds. The van der Waals surface area contributed by atoms with Crippen LogP contribution in [0, 0.1) is 10.1 Å².